The summed E-state index contributed by atoms with van der Waals surface area (Å²) in [5, 5.41) is 0. The van der Waals surface area contributed by atoms with Gasteiger partial charge in [-0.25, -0.2) is 18.2 Å². The summed E-state index contributed by atoms with van der Waals surface area (Å²) in [6.07, 6.45) is 0. The molecule has 0 aliphatic heterocycles. The normalized spacial score (nSPS) is 11.9. The van der Waals surface area contributed by atoms with Crippen LogP contribution < -0.4 is 10.5 Å². The summed E-state index contributed by atoms with van der Waals surface area (Å²) in [5.41, 5.74) is 3.91. The van der Waals surface area contributed by atoms with Crippen molar-refractivity contribution in [3.63, 3.8) is 0 Å². The highest BCUT2D eigenvalue weighted by molar-refractivity contribution is 7.92. The van der Waals surface area contributed by atoms with Crippen LogP contribution in [0.25, 0.3) is 33.7 Å². The third kappa shape index (κ3) is 3.25. The molecule has 3 aromatic carbocycles. The Morgan fingerprint density at radius 3 is 2.67 bits per heavy atom. The SMILES string of the molecule is Cc1cccc(-c2nc3ccc(NS(=O)(=O)c4ccc5[nH]c(=O)oc5c4)cc3o2)c1. The van der Waals surface area contributed by atoms with Crippen molar-refractivity contribution in [2.45, 2.75) is 11.8 Å². The quantitative estimate of drug-likeness (QED) is 0.452. The second kappa shape index (κ2) is 6.60. The van der Waals surface area contributed by atoms with Crippen LogP contribution in [0.4, 0.5) is 5.69 Å². The zero-order valence-electron chi connectivity index (χ0n) is 15.7. The van der Waals surface area contributed by atoms with E-state index in [0.29, 0.717) is 28.2 Å². The van der Waals surface area contributed by atoms with Crippen LogP contribution in [0.2, 0.25) is 0 Å². The monoisotopic (exact) mass is 421 g/mol. The molecule has 2 heterocycles. The lowest BCUT2D eigenvalue weighted by Gasteiger charge is -2.07. The number of aromatic nitrogens is 2. The zero-order valence-corrected chi connectivity index (χ0v) is 16.5. The molecule has 5 rings (SSSR count). The third-order valence-electron chi connectivity index (χ3n) is 4.61. The first-order valence-corrected chi connectivity index (χ1v) is 10.5. The Labute approximate surface area is 170 Å². The molecule has 0 aliphatic rings. The Balaban J connectivity index is 1.48. The van der Waals surface area contributed by atoms with Gasteiger partial charge in [-0.2, -0.15) is 0 Å². The van der Waals surface area contributed by atoms with Gasteiger partial charge >= 0.3 is 5.76 Å². The van der Waals surface area contributed by atoms with Crippen LogP contribution in [0.1, 0.15) is 5.56 Å². The Morgan fingerprint density at radius 2 is 1.83 bits per heavy atom. The molecular weight excluding hydrogens is 406 g/mol. The molecule has 0 saturated carbocycles. The second-order valence-electron chi connectivity index (χ2n) is 6.85. The molecule has 0 atom stereocenters. The minimum absolute atomic E-state index is 0.0316. The van der Waals surface area contributed by atoms with E-state index in [2.05, 4.69) is 14.7 Å². The lowest BCUT2D eigenvalue weighted by Crippen LogP contribution is -2.12. The van der Waals surface area contributed by atoms with Crippen molar-refractivity contribution in [3.8, 4) is 11.5 Å². The van der Waals surface area contributed by atoms with Gasteiger partial charge in [0.2, 0.25) is 5.89 Å². The summed E-state index contributed by atoms with van der Waals surface area (Å²) in [4.78, 5) is 18.2. The minimum atomic E-state index is -3.90. The first-order valence-electron chi connectivity index (χ1n) is 9.01. The number of aryl methyl sites for hydroxylation is 1. The summed E-state index contributed by atoms with van der Waals surface area (Å²) in [7, 11) is -3.90. The van der Waals surface area contributed by atoms with E-state index in [9.17, 15) is 13.2 Å². The van der Waals surface area contributed by atoms with Crippen LogP contribution in [-0.2, 0) is 10.0 Å². The van der Waals surface area contributed by atoms with Gasteiger partial charge in [0.1, 0.15) is 5.52 Å². The van der Waals surface area contributed by atoms with E-state index >= 15 is 0 Å². The molecule has 5 aromatic rings. The topological polar surface area (TPSA) is 118 Å². The first kappa shape index (κ1) is 18.2. The fourth-order valence-corrected chi connectivity index (χ4v) is 4.26. The van der Waals surface area contributed by atoms with E-state index in [1.165, 1.54) is 18.2 Å². The number of fused-ring (bicyclic) bond motifs is 2. The number of oxazole rings is 2. The Hall–Kier alpha value is -3.85. The fourth-order valence-electron chi connectivity index (χ4n) is 3.20. The molecule has 2 aromatic heterocycles. The average Bonchev–Trinajstić information content (AvgIpc) is 3.29. The summed E-state index contributed by atoms with van der Waals surface area (Å²) in [5.74, 6) is -0.186. The maximum Gasteiger partial charge on any atom is 0.417 e. The molecular formula is C21H15N3O5S. The van der Waals surface area contributed by atoms with E-state index in [0.717, 1.165) is 11.1 Å². The van der Waals surface area contributed by atoms with Gasteiger partial charge in [-0.05, 0) is 43.3 Å². The number of nitrogens with one attached hydrogen (secondary N) is 2. The molecule has 0 spiro atoms. The standard InChI is InChI=1S/C21H15N3O5S/c1-12-3-2-4-13(9-12)20-22-16-7-5-14(10-18(16)28-20)24-30(26,27)15-6-8-17-19(11-15)29-21(25)23-17/h2-11,24H,1H3,(H,23,25). The van der Waals surface area contributed by atoms with E-state index in [4.69, 9.17) is 8.83 Å². The number of sulfonamides is 1. The predicted molar refractivity (Wildman–Crippen MR) is 112 cm³/mol. The highest BCUT2D eigenvalue weighted by atomic mass is 32.2. The second-order valence-corrected chi connectivity index (χ2v) is 8.53. The van der Waals surface area contributed by atoms with Crippen molar-refractivity contribution in [1.29, 1.82) is 0 Å². The highest BCUT2D eigenvalue weighted by Gasteiger charge is 2.17. The summed E-state index contributed by atoms with van der Waals surface area (Å²) in [6.45, 7) is 1.98. The van der Waals surface area contributed by atoms with Crippen LogP contribution >= 0.6 is 0 Å². The molecule has 8 nitrogen and oxygen atoms in total. The smallest absolute Gasteiger partial charge is 0.417 e. The number of aromatic amines is 1. The van der Waals surface area contributed by atoms with Gasteiger partial charge in [-0.1, -0.05) is 17.7 Å². The van der Waals surface area contributed by atoms with Crippen LogP contribution in [0, 0.1) is 6.92 Å². The molecule has 0 amide bonds. The number of nitrogens with zero attached hydrogens (tertiary/aromatic N) is 1. The van der Waals surface area contributed by atoms with Gasteiger partial charge in [0.05, 0.1) is 16.1 Å². The minimum Gasteiger partial charge on any atom is -0.436 e. The lowest BCUT2D eigenvalue weighted by molar-refractivity contribution is 0.554. The summed E-state index contributed by atoms with van der Waals surface area (Å²) >= 11 is 0. The largest absolute Gasteiger partial charge is 0.436 e. The maximum atomic E-state index is 12.8. The van der Waals surface area contributed by atoms with Crippen molar-refractivity contribution in [2.75, 3.05) is 4.72 Å². The Bertz CT molecular complexity index is 1580. The van der Waals surface area contributed by atoms with Crippen LogP contribution in [0.15, 0.2) is 79.2 Å². The highest BCUT2D eigenvalue weighted by Crippen LogP contribution is 2.28. The number of anilines is 1. The van der Waals surface area contributed by atoms with Crippen LogP contribution in [0.5, 0.6) is 0 Å². The molecule has 0 radical (unpaired) electrons. The Kier molecular flexibility index (Phi) is 4.00. The lowest BCUT2D eigenvalue weighted by atomic mass is 10.1. The molecule has 0 bridgehead atoms. The Morgan fingerprint density at radius 1 is 0.967 bits per heavy atom. The predicted octanol–water partition coefficient (Wildman–Crippen LogP) is 4.04. The van der Waals surface area contributed by atoms with Crippen LogP contribution in [-0.4, -0.2) is 18.4 Å². The number of hydrogen-bond acceptors (Lipinski definition) is 6. The van der Waals surface area contributed by atoms with Gasteiger partial charge in [0, 0.05) is 17.7 Å². The maximum absolute atomic E-state index is 12.8. The van der Waals surface area contributed by atoms with Gasteiger partial charge in [-0.15, -0.1) is 0 Å². The summed E-state index contributed by atoms with van der Waals surface area (Å²) in [6, 6.07) is 16.8. The molecule has 9 heteroatoms. The van der Waals surface area contributed by atoms with Crippen LogP contribution in [0.3, 0.4) is 0 Å². The number of rotatable bonds is 4. The summed E-state index contributed by atoms with van der Waals surface area (Å²) < 4.78 is 38.8. The average molecular weight is 421 g/mol. The molecule has 30 heavy (non-hydrogen) atoms. The van der Waals surface area contributed by atoms with Gasteiger partial charge in [-0.3, -0.25) is 9.71 Å². The molecule has 0 fully saturated rings. The van der Waals surface area contributed by atoms with Crippen molar-refractivity contribution >= 4 is 37.9 Å². The van der Waals surface area contributed by atoms with Gasteiger partial charge in [0.15, 0.2) is 11.2 Å². The van der Waals surface area contributed by atoms with E-state index in [-0.39, 0.29) is 10.5 Å². The molecule has 150 valence electrons. The van der Waals surface area contributed by atoms with Gasteiger partial charge < -0.3 is 8.83 Å². The molecule has 0 aliphatic carbocycles. The van der Waals surface area contributed by atoms with Crippen molar-refractivity contribution in [2.24, 2.45) is 0 Å². The van der Waals surface area contributed by atoms with E-state index in [1.807, 2.05) is 31.2 Å². The number of benzene rings is 3. The van der Waals surface area contributed by atoms with E-state index in [1.54, 1.807) is 18.2 Å². The number of hydrogen-bond donors (Lipinski definition) is 2. The van der Waals surface area contributed by atoms with Gasteiger partial charge in [0.25, 0.3) is 10.0 Å². The first-order chi connectivity index (χ1) is 14.4. The number of H-pyrrole nitrogens is 1. The molecule has 0 saturated heterocycles. The fraction of sp³-hybridized carbons (Fsp3) is 0.0476. The van der Waals surface area contributed by atoms with Crippen molar-refractivity contribution in [3.05, 3.63) is 76.8 Å². The van der Waals surface area contributed by atoms with Crippen molar-refractivity contribution < 1.29 is 17.3 Å². The third-order valence-corrected chi connectivity index (χ3v) is 5.99. The van der Waals surface area contributed by atoms with E-state index < -0.39 is 15.8 Å². The van der Waals surface area contributed by atoms with Crippen molar-refractivity contribution in [1.82, 2.24) is 9.97 Å². The zero-order chi connectivity index (χ0) is 20.9. The molecule has 2 N–H and O–H groups in total. The molecule has 0 unspecified atom stereocenters.